The van der Waals surface area contributed by atoms with Gasteiger partial charge in [-0.3, -0.25) is 0 Å². The summed E-state index contributed by atoms with van der Waals surface area (Å²) in [6, 6.07) is 4.83. The average molecular weight is 301 g/mol. The topological polar surface area (TPSA) is 50.7 Å². The first-order valence-corrected chi connectivity index (χ1v) is 6.31. The van der Waals surface area contributed by atoms with Gasteiger partial charge >= 0.3 is 0 Å². The maximum Gasteiger partial charge on any atom is 0.245 e. The first-order valence-electron chi connectivity index (χ1n) is 5.55. The second-order valence-electron chi connectivity index (χ2n) is 4.09. The maximum atomic E-state index is 13.5. The fourth-order valence-corrected chi connectivity index (χ4v) is 1.81. The third kappa shape index (κ3) is 3.30. The van der Waals surface area contributed by atoms with Crippen molar-refractivity contribution in [2.75, 3.05) is 5.32 Å². The summed E-state index contributed by atoms with van der Waals surface area (Å²) in [5, 5.41) is 10.3. The van der Waals surface area contributed by atoms with Crippen molar-refractivity contribution in [2.24, 2.45) is 0 Å². The smallest absolute Gasteiger partial charge is 0.245 e. The second-order valence-corrected chi connectivity index (χ2v) is 4.79. The SMILES string of the molecule is Cc1ccc(C(C)Nc2nc(Cl)nnc2Cl)cc1F. The number of nitrogens with one attached hydrogen (secondary N) is 1. The Morgan fingerprint density at radius 2 is 2.00 bits per heavy atom. The standard InChI is InChI=1S/C12H11Cl2FN4/c1-6-3-4-8(5-9(6)15)7(2)16-11-10(13)18-19-12(14)17-11/h3-5,7H,1-2H3,(H,16,17,19). The van der Waals surface area contributed by atoms with Crippen LogP contribution in [-0.2, 0) is 0 Å². The summed E-state index contributed by atoms with van der Waals surface area (Å²) < 4.78 is 13.5. The maximum absolute atomic E-state index is 13.5. The first kappa shape index (κ1) is 14.0. The normalized spacial score (nSPS) is 12.3. The van der Waals surface area contributed by atoms with Crippen molar-refractivity contribution >= 4 is 29.0 Å². The zero-order valence-electron chi connectivity index (χ0n) is 10.3. The number of aromatic nitrogens is 3. The molecule has 7 heteroatoms. The molecule has 0 saturated heterocycles. The summed E-state index contributed by atoms with van der Waals surface area (Å²) >= 11 is 11.5. The monoisotopic (exact) mass is 300 g/mol. The molecule has 1 aromatic heterocycles. The number of rotatable bonds is 3. The lowest BCUT2D eigenvalue weighted by atomic mass is 10.1. The molecule has 1 atom stereocenters. The van der Waals surface area contributed by atoms with Crippen molar-refractivity contribution in [3.05, 3.63) is 45.6 Å². The van der Waals surface area contributed by atoms with Crippen LogP contribution in [-0.4, -0.2) is 15.2 Å². The van der Waals surface area contributed by atoms with Gasteiger partial charge in [-0.25, -0.2) is 4.39 Å². The number of hydrogen-bond donors (Lipinski definition) is 1. The molecule has 2 rings (SSSR count). The van der Waals surface area contributed by atoms with Crippen molar-refractivity contribution in [1.29, 1.82) is 0 Å². The largest absolute Gasteiger partial charge is 0.361 e. The van der Waals surface area contributed by atoms with E-state index in [0.717, 1.165) is 5.56 Å². The van der Waals surface area contributed by atoms with Gasteiger partial charge in [0.2, 0.25) is 5.28 Å². The molecule has 0 amide bonds. The van der Waals surface area contributed by atoms with Crippen molar-refractivity contribution in [3.8, 4) is 0 Å². The van der Waals surface area contributed by atoms with Crippen LogP contribution in [0.25, 0.3) is 0 Å². The Labute approximate surface area is 120 Å². The summed E-state index contributed by atoms with van der Waals surface area (Å²) in [7, 11) is 0. The van der Waals surface area contributed by atoms with E-state index in [9.17, 15) is 4.39 Å². The summed E-state index contributed by atoms with van der Waals surface area (Å²) in [5.41, 5.74) is 1.37. The molecule has 0 aliphatic rings. The van der Waals surface area contributed by atoms with Gasteiger partial charge in [0.25, 0.3) is 0 Å². The van der Waals surface area contributed by atoms with Gasteiger partial charge in [0, 0.05) is 0 Å². The highest BCUT2D eigenvalue weighted by Crippen LogP contribution is 2.24. The van der Waals surface area contributed by atoms with Crippen molar-refractivity contribution in [3.63, 3.8) is 0 Å². The first-order chi connectivity index (χ1) is 8.97. The average Bonchev–Trinajstić information content (AvgIpc) is 2.37. The number of halogens is 3. The van der Waals surface area contributed by atoms with E-state index in [-0.39, 0.29) is 22.3 Å². The van der Waals surface area contributed by atoms with Crippen LogP contribution in [0.2, 0.25) is 10.4 Å². The van der Waals surface area contributed by atoms with E-state index in [1.807, 2.05) is 13.0 Å². The Morgan fingerprint density at radius 3 is 2.68 bits per heavy atom. The second kappa shape index (κ2) is 5.67. The van der Waals surface area contributed by atoms with Gasteiger partial charge in [-0.2, -0.15) is 4.98 Å². The molecule has 0 bridgehead atoms. The molecule has 0 aliphatic heterocycles. The minimum absolute atomic E-state index is 0.00538. The Kier molecular flexibility index (Phi) is 4.17. The van der Waals surface area contributed by atoms with Gasteiger partial charge < -0.3 is 5.32 Å². The highest BCUT2D eigenvalue weighted by atomic mass is 35.5. The fourth-order valence-electron chi connectivity index (χ4n) is 1.55. The number of aryl methyl sites for hydroxylation is 1. The van der Waals surface area contributed by atoms with E-state index in [1.54, 1.807) is 13.0 Å². The molecule has 1 unspecified atom stereocenters. The molecular formula is C12H11Cl2FN4. The van der Waals surface area contributed by atoms with E-state index in [0.29, 0.717) is 11.4 Å². The van der Waals surface area contributed by atoms with Crippen LogP contribution in [0.4, 0.5) is 10.2 Å². The molecule has 0 aliphatic carbocycles. The molecule has 4 nitrogen and oxygen atoms in total. The summed E-state index contributed by atoms with van der Waals surface area (Å²) in [6.45, 7) is 3.57. The van der Waals surface area contributed by atoms with Crippen LogP contribution in [0, 0.1) is 12.7 Å². The highest BCUT2D eigenvalue weighted by molar-refractivity contribution is 6.32. The van der Waals surface area contributed by atoms with Crippen LogP contribution in [0.1, 0.15) is 24.1 Å². The van der Waals surface area contributed by atoms with Crippen LogP contribution in [0.15, 0.2) is 18.2 Å². The molecule has 1 heterocycles. The lowest BCUT2D eigenvalue weighted by Crippen LogP contribution is -2.10. The quantitative estimate of drug-likeness (QED) is 0.937. The Bertz CT molecular complexity index is 606. The minimum atomic E-state index is -0.254. The Balaban J connectivity index is 2.22. The minimum Gasteiger partial charge on any atom is -0.361 e. The summed E-state index contributed by atoms with van der Waals surface area (Å²) in [5.74, 6) is 0.0613. The predicted molar refractivity (Wildman–Crippen MR) is 73.0 cm³/mol. The lowest BCUT2D eigenvalue weighted by molar-refractivity contribution is 0.614. The summed E-state index contributed by atoms with van der Waals surface area (Å²) in [4.78, 5) is 3.93. The molecule has 0 saturated carbocycles. The van der Waals surface area contributed by atoms with Crippen LogP contribution >= 0.6 is 23.2 Å². The van der Waals surface area contributed by atoms with Crippen molar-refractivity contribution < 1.29 is 4.39 Å². The number of benzene rings is 1. The molecule has 1 N–H and O–H groups in total. The van der Waals surface area contributed by atoms with E-state index >= 15 is 0 Å². The zero-order chi connectivity index (χ0) is 14.0. The summed E-state index contributed by atoms with van der Waals surface area (Å²) in [6.07, 6.45) is 0. The van der Waals surface area contributed by atoms with Crippen molar-refractivity contribution in [2.45, 2.75) is 19.9 Å². The number of anilines is 1. The predicted octanol–water partition coefficient (Wildman–Crippen LogP) is 3.80. The molecule has 0 fully saturated rings. The van der Waals surface area contributed by atoms with Crippen LogP contribution in [0.3, 0.4) is 0 Å². The van der Waals surface area contributed by atoms with Gasteiger partial charge in [0.15, 0.2) is 11.0 Å². The van der Waals surface area contributed by atoms with Gasteiger partial charge in [0.1, 0.15) is 5.82 Å². The Hall–Kier alpha value is -1.46. The molecular weight excluding hydrogens is 290 g/mol. The van der Waals surface area contributed by atoms with Gasteiger partial charge in [-0.05, 0) is 42.6 Å². The number of nitrogens with zero attached hydrogens (tertiary/aromatic N) is 3. The molecule has 0 radical (unpaired) electrons. The van der Waals surface area contributed by atoms with Gasteiger partial charge in [-0.15, -0.1) is 10.2 Å². The number of hydrogen-bond acceptors (Lipinski definition) is 4. The van der Waals surface area contributed by atoms with Gasteiger partial charge in [0.05, 0.1) is 6.04 Å². The molecule has 0 spiro atoms. The van der Waals surface area contributed by atoms with Gasteiger partial charge in [-0.1, -0.05) is 23.7 Å². The fraction of sp³-hybridized carbons (Fsp3) is 0.250. The third-order valence-electron chi connectivity index (χ3n) is 2.67. The third-order valence-corrected chi connectivity index (χ3v) is 3.08. The van der Waals surface area contributed by atoms with E-state index < -0.39 is 0 Å². The lowest BCUT2D eigenvalue weighted by Gasteiger charge is -2.15. The van der Waals surface area contributed by atoms with Crippen LogP contribution < -0.4 is 5.32 Å². The van der Waals surface area contributed by atoms with E-state index in [4.69, 9.17) is 23.2 Å². The molecule has 1 aromatic carbocycles. The highest BCUT2D eigenvalue weighted by Gasteiger charge is 2.12. The molecule has 100 valence electrons. The van der Waals surface area contributed by atoms with Crippen LogP contribution in [0.5, 0.6) is 0 Å². The van der Waals surface area contributed by atoms with E-state index in [1.165, 1.54) is 6.07 Å². The molecule has 19 heavy (non-hydrogen) atoms. The zero-order valence-corrected chi connectivity index (χ0v) is 11.8. The molecule has 2 aromatic rings. The Morgan fingerprint density at radius 1 is 1.26 bits per heavy atom. The van der Waals surface area contributed by atoms with E-state index in [2.05, 4.69) is 20.5 Å². The van der Waals surface area contributed by atoms with Crippen molar-refractivity contribution in [1.82, 2.24) is 15.2 Å².